The standard InChI is InChI=1S/C14H20N2O/c1-10-8-11(15)6-7-16(10)13-9-17-14-5-3-2-4-12(13)14/h2-5,10-11,13H,6-9,15H2,1H3. The molecule has 3 nitrogen and oxygen atoms in total. The zero-order valence-electron chi connectivity index (χ0n) is 10.3. The molecule has 2 aliphatic heterocycles. The average molecular weight is 232 g/mol. The van der Waals surface area contributed by atoms with Gasteiger partial charge in [-0.05, 0) is 25.8 Å². The van der Waals surface area contributed by atoms with E-state index < -0.39 is 0 Å². The predicted molar refractivity (Wildman–Crippen MR) is 68.1 cm³/mol. The number of nitrogens with zero attached hydrogens (tertiary/aromatic N) is 1. The van der Waals surface area contributed by atoms with E-state index >= 15 is 0 Å². The Balaban J connectivity index is 1.82. The molecule has 0 radical (unpaired) electrons. The smallest absolute Gasteiger partial charge is 0.124 e. The van der Waals surface area contributed by atoms with Crippen LogP contribution in [-0.4, -0.2) is 30.1 Å². The molecule has 1 aromatic rings. The maximum Gasteiger partial charge on any atom is 0.124 e. The molecule has 0 aromatic heterocycles. The molecule has 0 spiro atoms. The van der Waals surface area contributed by atoms with Crippen LogP contribution in [-0.2, 0) is 0 Å². The van der Waals surface area contributed by atoms with Crippen LogP contribution in [0.15, 0.2) is 24.3 Å². The largest absolute Gasteiger partial charge is 0.491 e. The molecule has 3 atom stereocenters. The molecule has 3 unspecified atom stereocenters. The van der Waals surface area contributed by atoms with Crippen LogP contribution in [0.4, 0.5) is 0 Å². The number of benzene rings is 1. The summed E-state index contributed by atoms with van der Waals surface area (Å²) >= 11 is 0. The summed E-state index contributed by atoms with van der Waals surface area (Å²) in [6.07, 6.45) is 2.20. The lowest BCUT2D eigenvalue weighted by atomic mass is 9.95. The van der Waals surface area contributed by atoms with E-state index in [-0.39, 0.29) is 0 Å². The highest BCUT2D eigenvalue weighted by Crippen LogP contribution is 2.38. The molecule has 3 rings (SSSR count). The summed E-state index contributed by atoms with van der Waals surface area (Å²) in [5.41, 5.74) is 7.37. The monoisotopic (exact) mass is 232 g/mol. The van der Waals surface area contributed by atoms with Crippen molar-refractivity contribution in [2.75, 3.05) is 13.2 Å². The number of fused-ring (bicyclic) bond motifs is 1. The predicted octanol–water partition coefficient (Wildman–Crippen LogP) is 1.93. The minimum absolute atomic E-state index is 0.374. The Labute approximate surface area is 103 Å². The third-order valence-electron chi connectivity index (χ3n) is 4.04. The summed E-state index contributed by atoms with van der Waals surface area (Å²) in [5, 5.41) is 0. The van der Waals surface area contributed by atoms with Gasteiger partial charge >= 0.3 is 0 Å². The highest BCUT2D eigenvalue weighted by atomic mass is 16.5. The van der Waals surface area contributed by atoms with Gasteiger partial charge in [0.15, 0.2) is 0 Å². The summed E-state index contributed by atoms with van der Waals surface area (Å²) in [4.78, 5) is 2.55. The lowest BCUT2D eigenvalue weighted by Gasteiger charge is -2.39. The fourth-order valence-corrected chi connectivity index (χ4v) is 3.11. The molecular weight excluding hydrogens is 212 g/mol. The molecule has 2 heterocycles. The van der Waals surface area contributed by atoms with Crippen molar-refractivity contribution in [2.45, 2.75) is 37.9 Å². The van der Waals surface area contributed by atoms with Gasteiger partial charge < -0.3 is 10.5 Å². The number of hydrogen-bond donors (Lipinski definition) is 1. The van der Waals surface area contributed by atoms with E-state index in [0.29, 0.717) is 18.1 Å². The van der Waals surface area contributed by atoms with Crippen molar-refractivity contribution < 1.29 is 4.74 Å². The van der Waals surface area contributed by atoms with Gasteiger partial charge in [-0.2, -0.15) is 0 Å². The second-order valence-corrected chi connectivity index (χ2v) is 5.24. The van der Waals surface area contributed by atoms with Gasteiger partial charge in [0, 0.05) is 24.2 Å². The van der Waals surface area contributed by atoms with E-state index in [4.69, 9.17) is 10.5 Å². The van der Waals surface area contributed by atoms with E-state index in [9.17, 15) is 0 Å². The Hall–Kier alpha value is -1.06. The normalized spacial score (nSPS) is 33.2. The quantitative estimate of drug-likeness (QED) is 0.804. The summed E-state index contributed by atoms with van der Waals surface area (Å²) in [6.45, 7) is 4.16. The number of piperidine rings is 1. The lowest BCUT2D eigenvalue weighted by Crippen LogP contribution is -2.47. The van der Waals surface area contributed by atoms with Crippen molar-refractivity contribution in [2.24, 2.45) is 5.73 Å². The first-order valence-corrected chi connectivity index (χ1v) is 6.49. The Bertz CT molecular complexity index is 407. The fourth-order valence-electron chi connectivity index (χ4n) is 3.11. The molecule has 3 heteroatoms. The molecule has 0 bridgehead atoms. The van der Waals surface area contributed by atoms with Crippen molar-refractivity contribution in [1.29, 1.82) is 0 Å². The van der Waals surface area contributed by atoms with Crippen molar-refractivity contribution in [3.63, 3.8) is 0 Å². The second-order valence-electron chi connectivity index (χ2n) is 5.24. The topological polar surface area (TPSA) is 38.5 Å². The maximum atomic E-state index is 6.02. The highest BCUT2D eigenvalue weighted by Gasteiger charge is 2.34. The van der Waals surface area contributed by atoms with Crippen molar-refractivity contribution >= 4 is 0 Å². The Morgan fingerprint density at radius 1 is 1.35 bits per heavy atom. The molecule has 0 amide bonds. The summed E-state index contributed by atoms with van der Waals surface area (Å²) in [7, 11) is 0. The first-order chi connectivity index (χ1) is 8.25. The molecule has 0 saturated carbocycles. The number of ether oxygens (including phenoxy) is 1. The third kappa shape index (κ3) is 1.94. The molecule has 92 valence electrons. The van der Waals surface area contributed by atoms with Crippen LogP contribution < -0.4 is 10.5 Å². The van der Waals surface area contributed by atoms with Gasteiger partial charge in [0.05, 0.1) is 6.04 Å². The Morgan fingerprint density at radius 2 is 2.18 bits per heavy atom. The summed E-state index contributed by atoms with van der Waals surface area (Å²) < 4.78 is 5.77. The number of para-hydroxylation sites is 1. The molecule has 1 aromatic carbocycles. The van der Waals surface area contributed by atoms with Crippen molar-refractivity contribution in [3.05, 3.63) is 29.8 Å². The van der Waals surface area contributed by atoms with E-state index in [0.717, 1.165) is 31.7 Å². The van der Waals surface area contributed by atoms with E-state index in [2.05, 4.69) is 30.0 Å². The van der Waals surface area contributed by atoms with E-state index in [1.807, 2.05) is 6.07 Å². The molecule has 2 N–H and O–H groups in total. The molecule has 1 fully saturated rings. The molecule has 0 aliphatic carbocycles. The van der Waals surface area contributed by atoms with Gasteiger partial charge in [0.1, 0.15) is 12.4 Å². The van der Waals surface area contributed by atoms with Crippen LogP contribution in [0.25, 0.3) is 0 Å². The fraction of sp³-hybridized carbons (Fsp3) is 0.571. The number of likely N-dealkylation sites (tertiary alicyclic amines) is 1. The zero-order chi connectivity index (χ0) is 11.8. The van der Waals surface area contributed by atoms with Crippen LogP contribution in [0, 0.1) is 0 Å². The first-order valence-electron chi connectivity index (χ1n) is 6.49. The minimum atomic E-state index is 0.374. The molecular formula is C14H20N2O. The number of hydrogen-bond acceptors (Lipinski definition) is 3. The molecule has 17 heavy (non-hydrogen) atoms. The number of rotatable bonds is 1. The summed E-state index contributed by atoms with van der Waals surface area (Å²) in [6, 6.07) is 9.74. The zero-order valence-corrected chi connectivity index (χ0v) is 10.3. The van der Waals surface area contributed by atoms with E-state index in [1.165, 1.54) is 5.56 Å². The van der Waals surface area contributed by atoms with Crippen LogP contribution in [0.3, 0.4) is 0 Å². The van der Waals surface area contributed by atoms with Crippen LogP contribution in [0.2, 0.25) is 0 Å². The van der Waals surface area contributed by atoms with Crippen molar-refractivity contribution in [1.82, 2.24) is 4.90 Å². The lowest BCUT2D eigenvalue weighted by molar-refractivity contribution is 0.0814. The average Bonchev–Trinajstić information content (AvgIpc) is 2.73. The first kappa shape index (κ1) is 11.1. The molecule has 2 aliphatic rings. The van der Waals surface area contributed by atoms with Crippen LogP contribution in [0.5, 0.6) is 5.75 Å². The van der Waals surface area contributed by atoms with Gasteiger partial charge in [0.25, 0.3) is 0 Å². The van der Waals surface area contributed by atoms with Gasteiger partial charge in [0.2, 0.25) is 0 Å². The highest BCUT2D eigenvalue weighted by molar-refractivity contribution is 5.39. The van der Waals surface area contributed by atoms with Gasteiger partial charge in [-0.3, -0.25) is 4.90 Å². The maximum absolute atomic E-state index is 6.02. The summed E-state index contributed by atoms with van der Waals surface area (Å²) in [5.74, 6) is 1.06. The SMILES string of the molecule is CC1CC(N)CCN1C1COc2ccccc21. The van der Waals surface area contributed by atoms with Crippen molar-refractivity contribution in [3.8, 4) is 5.75 Å². The number of nitrogens with two attached hydrogens (primary N) is 1. The minimum Gasteiger partial charge on any atom is -0.491 e. The van der Waals surface area contributed by atoms with Crippen LogP contribution in [0.1, 0.15) is 31.4 Å². The van der Waals surface area contributed by atoms with Crippen LogP contribution >= 0.6 is 0 Å². The Kier molecular flexibility index (Phi) is 2.81. The second kappa shape index (κ2) is 4.31. The van der Waals surface area contributed by atoms with Gasteiger partial charge in [-0.1, -0.05) is 18.2 Å². The van der Waals surface area contributed by atoms with Gasteiger partial charge in [-0.15, -0.1) is 0 Å². The van der Waals surface area contributed by atoms with E-state index in [1.54, 1.807) is 0 Å². The molecule has 1 saturated heterocycles. The van der Waals surface area contributed by atoms with Gasteiger partial charge in [-0.25, -0.2) is 0 Å². The third-order valence-corrected chi connectivity index (χ3v) is 4.04. The Morgan fingerprint density at radius 3 is 3.00 bits per heavy atom.